The van der Waals surface area contributed by atoms with Crippen LogP contribution in [0.25, 0.3) is 22.1 Å². The number of carbonyl (C=O) groups is 1. The van der Waals surface area contributed by atoms with Gasteiger partial charge in [0.15, 0.2) is 5.65 Å². The lowest BCUT2D eigenvalue weighted by atomic mass is 10.1. The molecule has 6 nitrogen and oxygen atoms in total. The van der Waals surface area contributed by atoms with Crippen LogP contribution in [-0.2, 0) is 11.3 Å². The summed E-state index contributed by atoms with van der Waals surface area (Å²) in [4.78, 5) is 17.3. The molecule has 5 rings (SSSR count). The molecule has 0 saturated carbocycles. The number of benzene rings is 3. The predicted octanol–water partition coefficient (Wildman–Crippen LogP) is 6.09. The Balaban J connectivity index is 1.27. The predicted molar refractivity (Wildman–Crippen MR) is 146 cm³/mol. The molecule has 1 atom stereocenters. The average Bonchev–Trinajstić information content (AvgIpc) is 3.19. The fourth-order valence-electron chi connectivity index (χ4n) is 4.38. The molecular formula is C29H29N5OS. The zero-order valence-corrected chi connectivity index (χ0v) is 21.3. The van der Waals surface area contributed by atoms with E-state index in [1.165, 1.54) is 11.1 Å². The summed E-state index contributed by atoms with van der Waals surface area (Å²) in [7, 11) is 0. The van der Waals surface area contributed by atoms with Gasteiger partial charge in [0.25, 0.3) is 0 Å². The Bertz CT molecular complexity index is 1480. The number of hydrogen-bond acceptors (Lipinski definition) is 5. The van der Waals surface area contributed by atoms with Crippen molar-refractivity contribution in [1.29, 1.82) is 0 Å². The standard InChI is InChI=1S/C29H29N5OS/c1-20-15-16-25-24(18-20)27-28(34(25)19-22-10-5-3-6-11-22)31-29(33-32-27)36-17-9-14-26(35)30-21(2)23-12-7-4-8-13-23/h3-8,10-13,15-16,18,21H,9,14,17,19H2,1-2H3,(H,30,35). The molecule has 0 aliphatic rings. The lowest BCUT2D eigenvalue weighted by molar-refractivity contribution is -0.121. The number of aromatic nitrogens is 4. The van der Waals surface area contributed by atoms with Gasteiger partial charge in [-0.25, -0.2) is 4.98 Å². The van der Waals surface area contributed by atoms with Gasteiger partial charge >= 0.3 is 0 Å². The van der Waals surface area contributed by atoms with Crippen LogP contribution in [0.15, 0.2) is 84.0 Å². The van der Waals surface area contributed by atoms with Crippen LogP contribution in [0.2, 0.25) is 0 Å². The molecule has 0 aliphatic heterocycles. The van der Waals surface area contributed by atoms with Crippen molar-refractivity contribution in [3.05, 3.63) is 95.6 Å². The summed E-state index contributed by atoms with van der Waals surface area (Å²) in [6, 6.07) is 26.8. The van der Waals surface area contributed by atoms with Crippen molar-refractivity contribution in [3.63, 3.8) is 0 Å². The Morgan fingerprint density at radius 1 is 1.00 bits per heavy atom. The van der Waals surface area contributed by atoms with Crippen LogP contribution < -0.4 is 5.32 Å². The first kappa shape index (κ1) is 24.0. The second-order valence-electron chi connectivity index (χ2n) is 9.01. The molecule has 1 amide bonds. The van der Waals surface area contributed by atoms with Gasteiger partial charge in [0.1, 0.15) is 5.52 Å². The number of amides is 1. The molecular weight excluding hydrogens is 466 g/mol. The van der Waals surface area contributed by atoms with Crippen LogP contribution in [0.1, 0.15) is 42.5 Å². The molecule has 1 unspecified atom stereocenters. The second kappa shape index (κ2) is 10.9. The Kier molecular flexibility index (Phi) is 7.28. The van der Waals surface area contributed by atoms with Crippen LogP contribution in [0, 0.1) is 6.92 Å². The Morgan fingerprint density at radius 2 is 1.75 bits per heavy atom. The summed E-state index contributed by atoms with van der Waals surface area (Å²) in [5, 5.41) is 13.7. The highest BCUT2D eigenvalue weighted by atomic mass is 32.2. The maximum absolute atomic E-state index is 12.4. The van der Waals surface area contributed by atoms with E-state index < -0.39 is 0 Å². The molecule has 7 heteroatoms. The number of carbonyl (C=O) groups excluding carboxylic acids is 1. The van der Waals surface area contributed by atoms with Crippen LogP contribution in [0.3, 0.4) is 0 Å². The third kappa shape index (κ3) is 5.41. The molecule has 3 aromatic carbocycles. The van der Waals surface area contributed by atoms with Gasteiger partial charge in [0, 0.05) is 24.1 Å². The summed E-state index contributed by atoms with van der Waals surface area (Å²) in [5.41, 5.74) is 6.26. The highest BCUT2D eigenvalue weighted by Gasteiger charge is 2.16. The van der Waals surface area contributed by atoms with E-state index in [1.807, 2.05) is 43.3 Å². The largest absolute Gasteiger partial charge is 0.350 e. The molecule has 0 saturated heterocycles. The number of nitrogens with one attached hydrogen (secondary N) is 1. The van der Waals surface area contributed by atoms with Gasteiger partial charge in [0.2, 0.25) is 11.1 Å². The zero-order valence-electron chi connectivity index (χ0n) is 20.5. The molecule has 1 N–H and O–H groups in total. The summed E-state index contributed by atoms with van der Waals surface area (Å²) in [6.45, 7) is 4.81. The molecule has 0 aliphatic carbocycles. The molecule has 0 fully saturated rings. The van der Waals surface area contributed by atoms with Crippen LogP contribution >= 0.6 is 11.8 Å². The molecule has 0 bridgehead atoms. The number of fused-ring (bicyclic) bond motifs is 3. The third-order valence-corrected chi connectivity index (χ3v) is 7.17. The SMILES string of the molecule is Cc1ccc2c(c1)c1nnc(SCCCC(=O)NC(C)c3ccccc3)nc1n2Cc1ccccc1. The Morgan fingerprint density at radius 3 is 2.53 bits per heavy atom. The topological polar surface area (TPSA) is 72.7 Å². The lowest BCUT2D eigenvalue weighted by Crippen LogP contribution is -2.26. The number of nitrogens with zero attached hydrogens (tertiary/aromatic N) is 4. The van der Waals surface area contributed by atoms with Crippen molar-refractivity contribution >= 4 is 39.7 Å². The number of thioether (sulfide) groups is 1. The van der Waals surface area contributed by atoms with Gasteiger partial charge in [-0.1, -0.05) is 84.1 Å². The van der Waals surface area contributed by atoms with E-state index in [0.717, 1.165) is 39.8 Å². The van der Waals surface area contributed by atoms with Crippen molar-refractivity contribution in [3.8, 4) is 0 Å². The maximum Gasteiger partial charge on any atom is 0.220 e. The van der Waals surface area contributed by atoms with Crippen molar-refractivity contribution in [2.75, 3.05) is 5.75 Å². The molecule has 36 heavy (non-hydrogen) atoms. The van der Waals surface area contributed by atoms with Gasteiger partial charge in [-0.2, -0.15) is 0 Å². The molecule has 182 valence electrons. The first-order chi connectivity index (χ1) is 17.6. The minimum Gasteiger partial charge on any atom is -0.350 e. The smallest absolute Gasteiger partial charge is 0.220 e. The molecule has 5 aromatic rings. The van der Waals surface area contributed by atoms with Gasteiger partial charge < -0.3 is 9.88 Å². The second-order valence-corrected chi connectivity index (χ2v) is 10.1. The van der Waals surface area contributed by atoms with E-state index in [4.69, 9.17) is 4.98 Å². The lowest BCUT2D eigenvalue weighted by Gasteiger charge is -2.14. The van der Waals surface area contributed by atoms with Crippen molar-refractivity contribution in [1.82, 2.24) is 25.1 Å². The van der Waals surface area contributed by atoms with Crippen molar-refractivity contribution in [2.45, 2.75) is 44.4 Å². The first-order valence-electron chi connectivity index (χ1n) is 12.2. The summed E-state index contributed by atoms with van der Waals surface area (Å²) < 4.78 is 2.22. The molecule has 2 aromatic heterocycles. The monoisotopic (exact) mass is 495 g/mol. The quantitative estimate of drug-likeness (QED) is 0.198. The van der Waals surface area contributed by atoms with Crippen LogP contribution in [-0.4, -0.2) is 31.4 Å². The van der Waals surface area contributed by atoms with Crippen molar-refractivity contribution in [2.24, 2.45) is 0 Å². The summed E-state index contributed by atoms with van der Waals surface area (Å²) >= 11 is 1.54. The van der Waals surface area contributed by atoms with E-state index in [-0.39, 0.29) is 11.9 Å². The normalized spacial score (nSPS) is 12.2. The van der Waals surface area contributed by atoms with E-state index in [0.29, 0.717) is 18.1 Å². The Hall–Kier alpha value is -3.71. The van der Waals surface area contributed by atoms with E-state index in [1.54, 1.807) is 11.8 Å². The Labute approximate surface area is 215 Å². The van der Waals surface area contributed by atoms with Crippen LogP contribution in [0.5, 0.6) is 0 Å². The fourth-order valence-corrected chi connectivity index (χ4v) is 5.10. The minimum absolute atomic E-state index is 0.00327. The number of hydrogen-bond donors (Lipinski definition) is 1. The van der Waals surface area contributed by atoms with E-state index >= 15 is 0 Å². The number of aryl methyl sites for hydroxylation is 1. The third-order valence-electron chi connectivity index (χ3n) is 6.24. The maximum atomic E-state index is 12.4. The van der Waals surface area contributed by atoms with E-state index in [2.05, 4.69) is 69.5 Å². The van der Waals surface area contributed by atoms with Gasteiger partial charge in [-0.05, 0) is 43.5 Å². The van der Waals surface area contributed by atoms with Crippen molar-refractivity contribution < 1.29 is 4.79 Å². The molecule has 0 spiro atoms. The average molecular weight is 496 g/mol. The van der Waals surface area contributed by atoms with E-state index in [9.17, 15) is 4.79 Å². The minimum atomic E-state index is -0.00327. The summed E-state index contributed by atoms with van der Waals surface area (Å²) in [5.74, 6) is 0.804. The number of rotatable bonds is 9. The van der Waals surface area contributed by atoms with Gasteiger partial charge in [0.05, 0.1) is 11.6 Å². The molecule has 0 radical (unpaired) electrons. The van der Waals surface area contributed by atoms with Gasteiger partial charge in [-0.15, -0.1) is 10.2 Å². The summed E-state index contributed by atoms with van der Waals surface area (Å²) in [6.07, 6.45) is 1.21. The zero-order chi connectivity index (χ0) is 24.9. The fraction of sp³-hybridized carbons (Fsp3) is 0.241. The van der Waals surface area contributed by atoms with Crippen LogP contribution in [0.4, 0.5) is 0 Å². The van der Waals surface area contributed by atoms with Gasteiger partial charge in [-0.3, -0.25) is 4.79 Å². The highest BCUT2D eigenvalue weighted by molar-refractivity contribution is 7.99. The molecule has 2 heterocycles. The highest BCUT2D eigenvalue weighted by Crippen LogP contribution is 2.29. The first-order valence-corrected chi connectivity index (χ1v) is 13.2.